The van der Waals surface area contributed by atoms with Crippen molar-refractivity contribution in [3.63, 3.8) is 0 Å². The third-order valence-corrected chi connectivity index (χ3v) is 5.52. The summed E-state index contributed by atoms with van der Waals surface area (Å²) in [6.45, 7) is 2.74. The SMILES string of the molecule is CC1CCCCN1C(=O)c1ccc(NC(=O)c2nc3ccccn3c2F)cc1Cl. The number of carbonyl (C=O) groups excluding carboxylic acids is 2. The van der Waals surface area contributed by atoms with Gasteiger partial charge in [0.05, 0.1) is 10.6 Å². The van der Waals surface area contributed by atoms with Crippen LogP contribution in [0.5, 0.6) is 0 Å². The Morgan fingerprint density at radius 3 is 2.79 bits per heavy atom. The fourth-order valence-corrected chi connectivity index (χ4v) is 3.88. The molecule has 0 spiro atoms. The third-order valence-electron chi connectivity index (χ3n) is 5.21. The van der Waals surface area contributed by atoms with E-state index in [0.717, 1.165) is 19.3 Å². The summed E-state index contributed by atoms with van der Waals surface area (Å²) in [7, 11) is 0. The van der Waals surface area contributed by atoms with E-state index in [0.29, 0.717) is 23.4 Å². The van der Waals surface area contributed by atoms with Crippen molar-refractivity contribution in [2.24, 2.45) is 0 Å². The molecule has 0 radical (unpaired) electrons. The maximum atomic E-state index is 14.4. The molecule has 6 nitrogen and oxygen atoms in total. The number of nitrogens with one attached hydrogen (secondary N) is 1. The zero-order valence-electron chi connectivity index (χ0n) is 15.9. The van der Waals surface area contributed by atoms with Gasteiger partial charge in [-0.2, -0.15) is 4.39 Å². The molecule has 3 heterocycles. The van der Waals surface area contributed by atoms with Gasteiger partial charge in [-0.05, 0) is 56.5 Å². The van der Waals surface area contributed by atoms with Crippen LogP contribution < -0.4 is 5.32 Å². The standard InChI is InChI=1S/C21H20ClFN4O2/c1-13-6-2-4-10-26(13)21(29)15-9-8-14(12-16(15)22)24-20(28)18-19(23)27-11-5-3-7-17(27)25-18/h3,5,7-9,11-13H,2,4,6,10H2,1H3,(H,24,28). The van der Waals surface area contributed by atoms with Crippen LogP contribution in [0.2, 0.25) is 5.02 Å². The minimum atomic E-state index is -0.741. The van der Waals surface area contributed by atoms with Crippen LogP contribution in [0.1, 0.15) is 47.0 Å². The van der Waals surface area contributed by atoms with E-state index in [1.54, 1.807) is 30.3 Å². The Morgan fingerprint density at radius 2 is 2.07 bits per heavy atom. The lowest BCUT2D eigenvalue weighted by Crippen LogP contribution is -2.42. The quantitative estimate of drug-likeness (QED) is 0.691. The van der Waals surface area contributed by atoms with E-state index in [9.17, 15) is 14.0 Å². The Bertz CT molecular complexity index is 1100. The highest BCUT2D eigenvalue weighted by Gasteiger charge is 2.26. The van der Waals surface area contributed by atoms with E-state index in [1.165, 1.54) is 16.7 Å². The van der Waals surface area contributed by atoms with Crippen molar-refractivity contribution in [3.8, 4) is 0 Å². The van der Waals surface area contributed by atoms with Crippen molar-refractivity contribution in [2.45, 2.75) is 32.2 Å². The van der Waals surface area contributed by atoms with Gasteiger partial charge in [0.25, 0.3) is 11.8 Å². The van der Waals surface area contributed by atoms with Crippen molar-refractivity contribution >= 4 is 34.7 Å². The zero-order chi connectivity index (χ0) is 20.5. The Hall–Kier alpha value is -2.93. The van der Waals surface area contributed by atoms with E-state index in [1.807, 2.05) is 11.8 Å². The normalized spacial score (nSPS) is 16.8. The van der Waals surface area contributed by atoms with Gasteiger partial charge in [0, 0.05) is 24.5 Å². The summed E-state index contributed by atoms with van der Waals surface area (Å²) in [6, 6.07) is 9.80. The Kier molecular flexibility index (Phi) is 5.24. The number of benzene rings is 1. The van der Waals surface area contributed by atoms with Crippen molar-refractivity contribution in [1.29, 1.82) is 0 Å². The van der Waals surface area contributed by atoms with E-state index < -0.39 is 11.9 Å². The molecular formula is C21H20ClFN4O2. The summed E-state index contributed by atoms with van der Waals surface area (Å²) in [6.07, 6.45) is 4.56. The van der Waals surface area contributed by atoms with Gasteiger partial charge in [0.2, 0.25) is 5.95 Å². The molecule has 2 aromatic heterocycles. The topological polar surface area (TPSA) is 66.7 Å². The molecule has 1 unspecified atom stereocenters. The van der Waals surface area contributed by atoms with Crippen molar-refractivity contribution < 1.29 is 14.0 Å². The van der Waals surface area contributed by atoms with E-state index >= 15 is 0 Å². The van der Waals surface area contributed by atoms with Crippen molar-refractivity contribution in [2.75, 3.05) is 11.9 Å². The van der Waals surface area contributed by atoms with Crippen molar-refractivity contribution in [1.82, 2.24) is 14.3 Å². The largest absolute Gasteiger partial charge is 0.336 e. The van der Waals surface area contributed by atoms with Crippen LogP contribution >= 0.6 is 11.6 Å². The number of imidazole rings is 1. The Labute approximate surface area is 172 Å². The molecular weight excluding hydrogens is 395 g/mol. The number of piperidine rings is 1. The van der Waals surface area contributed by atoms with Crippen LogP contribution in [0.4, 0.5) is 10.1 Å². The van der Waals surface area contributed by atoms with Crippen LogP contribution in [0.3, 0.4) is 0 Å². The number of pyridine rings is 1. The molecule has 1 atom stereocenters. The number of halogens is 2. The van der Waals surface area contributed by atoms with Crippen molar-refractivity contribution in [3.05, 3.63) is 64.8 Å². The van der Waals surface area contributed by atoms with Gasteiger partial charge >= 0.3 is 0 Å². The Morgan fingerprint density at radius 1 is 1.24 bits per heavy atom. The molecule has 150 valence electrons. The number of hydrogen-bond donors (Lipinski definition) is 1. The van der Waals surface area contributed by atoms with E-state index in [4.69, 9.17) is 11.6 Å². The predicted octanol–water partition coefficient (Wildman–Crippen LogP) is 4.39. The number of rotatable bonds is 3. The highest BCUT2D eigenvalue weighted by molar-refractivity contribution is 6.34. The Balaban J connectivity index is 1.54. The lowest BCUT2D eigenvalue weighted by atomic mass is 10.0. The van der Waals surface area contributed by atoms with E-state index in [2.05, 4.69) is 10.3 Å². The monoisotopic (exact) mass is 414 g/mol. The molecule has 29 heavy (non-hydrogen) atoms. The first kappa shape index (κ1) is 19.4. The molecule has 1 saturated heterocycles. The predicted molar refractivity (Wildman–Crippen MR) is 109 cm³/mol. The third kappa shape index (κ3) is 3.70. The maximum Gasteiger partial charge on any atom is 0.279 e. The van der Waals surface area contributed by atoms with Gasteiger partial charge in [0.1, 0.15) is 5.65 Å². The number of nitrogens with zero attached hydrogens (tertiary/aromatic N) is 3. The molecule has 1 aromatic carbocycles. The molecule has 1 N–H and O–H groups in total. The molecule has 8 heteroatoms. The highest BCUT2D eigenvalue weighted by Crippen LogP contribution is 2.26. The number of anilines is 1. The summed E-state index contributed by atoms with van der Waals surface area (Å²) in [5, 5.41) is 2.83. The summed E-state index contributed by atoms with van der Waals surface area (Å²) >= 11 is 6.32. The summed E-state index contributed by atoms with van der Waals surface area (Å²) < 4.78 is 15.6. The molecule has 0 saturated carbocycles. The molecule has 0 aliphatic carbocycles. The smallest absolute Gasteiger partial charge is 0.279 e. The molecule has 4 rings (SSSR count). The molecule has 1 aliphatic heterocycles. The van der Waals surface area contributed by atoms with Gasteiger partial charge < -0.3 is 10.2 Å². The fraction of sp³-hybridized carbons (Fsp3) is 0.286. The van der Waals surface area contributed by atoms with Gasteiger partial charge in [-0.3, -0.25) is 14.0 Å². The average molecular weight is 415 g/mol. The summed E-state index contributed by atoms with van der Waals surface area (Å²) in [5.41, 5.74) is 0.774. The van der Waals surface area contributed by atoms with E-state index in [-0.39, 0.29) is 22.7 Å². The first-order valence-corrected chi connectivity index (χ1v) is 9.88. The highest BCUT2D eigenvalue weighted by atomic mass is 35.5. The number of carbonyl (C=O) groups is 2. The minimum Gasteiger partial charge on any atom is -0.336 e. The van der Waals surface area contributed by atoms with Crippen LogP contribution in [0.25, 0.3) is 5.65 Å². The molecule has 2 amide bonds. The number of fused-ring (bicyclic) bond motifs is 1. The second kappa shape index (κ2) is 7.83. The molecule has 3 aromatic rings. The van der Waals surface area contributed by atoms with Crippen LogP contribution in [0.15, 0.2) is 42.6 Å². The lowest BCUT2D eigenvalue weighted by molar-refractivity contribution is 0.0635. The van der Waals surface area contributed by atoms with Crippen LogP contribution in [-0.2, 0) is 0 Å². The maximum absolute atomic E-state index is 14.4. The number of likely N-dealkylation sites (tertiary alicyclic amines) is 1. The van der Waals surface area contributed by atoms with Gasteiger partial charge in [-0.15, -0.1) is 0 Å². The van der Waals surface area contributed by atoms with Crippen LogP contribution in [0, 0.1) is 5.95 Å². The molecule has 1 aliphatic rings. The molecule has 1 fully saturated rings. The van der Waals surface area contributed by atoms with Gasteiger partial charge in [0.15, 0.2) is 5.69 Å². The summed E-state index contributed by atoms with van der Waals surface area (Å²) in [4.78, 5) is 31.2. The first-order chi connectivity index (χ1) is 14.0. The number of aromatic nitrogens is 2. The van der Waals surface area contributed by atoms with Crippen LogP contribution in [-0.4, -0.2) is 38.7 Å². The lowest BCUT2D eigenvalue weighted by Gasteiger charge is -2.33. The number of hydrogen-bond acceptors (Lipinski definition) is 3. The number of amides is 2. The first-order valence-electron chi connectivity index (χ1n) is 9.50. The van der Waals surface area contributed by atoms with Gasteiger partial charge in [-0.1, -0.05) is 17.7 Å². The zero-order valence-corrected chi connectivity index (χ0v) is 16.6. The second-order valence-corrected chi connectivity index (χ2v) is 7.58. The minimum absolute atomic E-state index is 0.119. The fourth-order valence-electron chi connectivity index (χ4n) is 3.62. The van der Waals surface area contributed by atoms with Gasteiger partial charge in [-0.25, -0.2) is 4.98 Å². The summed E-state index contributed by atoms with van der Waals surface area (Å²) in [5.74, 6) is -1.55. The second-order valence-electron chi connectivity index (χ2n) is 7.17. The average Bonchev–Trinajstić information content (AvgIpc) is 3.05. The molecule has 0 bridgehead atoms.